The number of H-pyrrole nitrogens is 1. The number of halogens is 1. The number of nitrogens with one attached hydrogen (secondary N) is 1. The highest BCUT2D eigenvalue weighted by Crippen LogP contribution is 2.41. The fraction of sp³-hybridized carbons (Fsp3) is 0.212. The largest absolute Gasteiger partial charge is 0.497 e. The lowest BCUT2D eigenvalue weighted by Crippen LogP contribution is -2.47. The Morgan fingerprint density at radius 2 is 1.67 bits per heavy atom. The van der Waals surface area contributed by atoms with E-state index in [1.54, 1.807) is 37.6 Å². The van der Waals surface area contributed by atoms with E-state index < -0.39 is 0 Å². The minimum Gasteiger partial charge on any atom is -0.497 e. The van der Waals surface area contributed by atoms with E-state index in [2.05, 4.69) is 20.1 Å². The molecule has 4 heterocycles. The molecule has 0 saturated carbocycles. The van der Waals surface area contributed by atoms with Crippen LogP contribution in [0.1, 0.15) is 39.1 Å². The van der Waals surface area contributed by atoms with E-state index in [0.717, 1.165) is 39.2 Å². The second-order valence-corrected chi connectivity index (χ2v) is 10.9. The molecular weight excluding hydrogens is 533 g/mol. The Hall–Kier alpha value is -5.05. The molecule has 0 radical (unpaired) electrons. The molecule has 0 aliphatic carbocycles. The fourth-order valence-electron chi connectivity index (χ4n) is 6.23. The lowest BCUT2D eigenvalue weighted by atomic mass is 9.97. The number of hydrogen-bond acceptors (Lipinski definition) is 6. The van der Waals surface area contributed by atoms with E-state index in [1.165, 1.54) is 17.0 Å². The van der Waals surface area contributed by atoms with Crippen molar-refractivity contribution in [3.05, 3.63) is 95.4 Å². The molecule has 2 aliphatic rings. The van der Waals surface area contributed by atoms with Gasteiger partial charge in [-0.15, -0.1) is 5.10 Å². The molecule has 210 valence electrons. The number of rotatable bonds is 5. The predicted molar refractivity (Wildman–Crippen MR) is 158 cm³/mol. The molecule has 1 N–H and O–H groups in total. The molecular formula is C33H28FN5O3. The number of amides is 2. The molecule has 8 nitrogen and oxygen atoms in total. The first-order chi connectivity index (χ1) is 20.4. The monoisotopic (exact) mass is 561 g/mol. The number of benzene rings is 3. The van der Waals surface area contributed by atoms with Gasteiger partial charge >= 0.3 is 0 Å². The average Bonchev–Trinajstić information content (AvgIpc) is 3.54. The number of ether oxygens (including phenoxy) is 1. The van der Waals surface area contributed by atoms with Crippen LogP contribution < -0.4 is 9.64 Å². The summed E-state index contributed by atoms with van der Waals surface area (Å²) in [6, 6.07) is 19.6. The van der Waals surface area contributed by atoms with Crippen LogP contribution in [0.4, 0.5) is 10.1 Å². The van der Waals surface area contributed by atoms with E-state index in [-0.39, 0.29) is 23.7 Å². The highest BCUT2D eigenvalue weighted by atomic mass is 19.1. The van der Waals surface area contributed by atoms with Gasteiger partial charge in [-0.25, -0.2) is 4.39 Å². The summed E-state index contributed by atoms with van der Waals surface area (Å²) in [6.07, 6.45) is 2.87. The molecule has 0 atom stereocenters. The van der Waals surface area contributed by atoms with Crippen LogP contribution in [0.2, 0.25) is 0 Å². The van der Waals surface area contributed by atoms with E-state index in [4.69, 9.17) is 4.74 Å². The third-order valence-corrected chi connectivity index (χ3v) is 8.23. The van der Waals surface area contributed by atoms with Gasteiger partial charge in [0.15, 0.2) is 0 Å². The summed E-state index contributed by atoms with van der Waals surface area (Å²) in [5.74, 6) is -0.0488. The molecule has 0 bridgehead atoms. The van der Waals surface area contributed by atoms with Gasteiger partial charge < -0.3 is 14.6 Å². The van der Waals surface area contributed by atoms with Gasteiger partial charge in [0.25, 0.3) is 11.8 Å². The van der Waals surface area contributed by atoms with Gasteiger partial charge in [-0.3, -0.25) is 14.5 Å². The number of methoxy groups -OCH3 is 1. The molecule has 42 heavy (non-hydrogen) atoms. The van der Waals surface area contributed by atoms with Gasteiger partial charge in [0.2, 0.25) is 0 Å². The smallest absolute Gasteiger partial charge is 0.261 e. The van der Waals surface area contributed by atoms with Gasteiger partial charge in [0, 0.05) is 41.7 Å². The van der Waals surface area contributed by atoms with Crippen LogP contribution in [0.5, 0.6) is 5.75 Å². The van der Waals surface area contributed by atoms with Crippen molar-refractivity contribution in [3.63, 3.8) is 0 Å². The molecule has 0 spiro atoms. The van der Waals surface area contributed by atoms with Crippen LogP contribution >= 0.6 is 0 Å². The first kappa shape index (κ1) is 25.9. The second-order valence-electron chi connectivity index (χ2n) is 10.9. The third-order valence-electron chi connectivity index (χ3n) is 8.23. The van der Waals surface area contributed by atoms with Crippen LogP contribution in [0.15, 0.2) is 72.9 Å². The molecule has 0 unspecified atom stereocenters. The first-order valence-corrected chi connectivity index (χ1v) is 13.9. The SMILES string of the molecule is COc1ccc2cc(-c3nncc(-c4cc(C)cc(F)c4)c3N3CCC(N4C(=O)c5ccccc5C4=O)CC3)[nH]c2c1. The highest BCUT2D eigenvalue weighted by molar-refractivity contribution is 6.21. The second kappa shape index (κ2) is 10.1. The number of anilines is 1. The van der Waals surface area contributed by atoms with E-state index in [9.17, 15) is 14.0 Å². The predicted octanol–water partition coefficient (Wildman–Crippen LogP) is 6.01. The zero-order valence-corrected chi connectivity index (χ0v) is 23.2. The van der Waals surface area contributed by atoms with Crippen molar-refractivity contribution >= 4 is 28.4 Å². The number of aryl methyl sites for hydroxylation is 1. The number of aromatic amines is 1. The van der Waals surface area contributed by atoms with Crippen molar-refractivity contribution in [2.45, 2.75) is 25.8 Å². The van der Waals surface area contributed by atoms with Gasteiger partial charge in [0.05, 0.1) is 35.8 Å². The molecule has 2 amide bonds. The summed E-state index contributed by atoms with van der Waals surface area (Å²) < 4.78 is 20.0. The maximum Gasteiger partial charge on any atom is 0.261 e. The number of fused-ring (bicyclic) bond motifs is 2. The van der Waals surface area contributed by atoms with E-state index in [0.29, 0.717) is 48.3 Å². The normalized spacial score (nSPS) is 15.5. The van der Waals surface area contributed by atoms with Crippen molar-refractivity contribution < 1.29 is 18.7 Å². The quantitative estimate of drug-likeness (QED) is 0.264. The Labute approximate surface area is 241 Å². The Bertz CT molecular complexity index is 1820. The molecule has 9 heteroatoms. The maximum atomic E-state index is 14.6. The number of piperidine rings is 1. The van der Waals surface area contributed by atoms with Gasteiger partial charge in [-0.2, -0.15) is 5.10 Å². The topological polar surface area (TPSA) is 91.4 Å². The zero-order chi connectivity index (χ0) is 29.0. The summed E-state index contributed by atoms with van der Waals surface area (Å²) in [6.45, 7) is 3.01. The zero-order valence-electron chi connectivity index (χ0n) is 23.2. The van der Waals surface area contributed by atoms with Gasteiger partial charge in [-0.05, 0) is 73.4 Å². The van der Waals surface area contributed by atoms with Crippen molar-refractivity contribution in [2.75, 3.05) is 25.1 Å². The molecule has 3 aromatic carbocycles. The van der Waals surface area contributed by atoms with Crippen LogP contribution in [0.25, 0.3) is 33.4 Å². The van der Waals surface area contributed by atoms with Crippen molar-refractivity contribution in [3.8, 4) is 28.3 Å². The Morgan fingerprint density at radius 3 is 2.36 bits per heavy atom. The van der Waals surface area contributed by atoms with E-state index in [1.807, 2.05) is 37.3 Å². The summed E-state index contributed by atoms with van der Waals surface area (Å²) in [7, 11) is 1.63. The minimum absolute atomic E-state index is 0.215. The number of hydrogen-bond donors (Lipinski definition) is 1. The molecule has 1 fully saturated rings. The molecule has 7 rings (SSSR count). The van der Waals surface area contributed by atoms with Gasteiger partial charge in [-0.1, -0.05) is 18.2 Å². The first-order valence-electron chi connectivity index (χ1n) is 13.9. The van der Waals surface area contributed by atoms with Gasteiger partial charge in [0.1, 0.15) is 17.3 Å². The minimum atomic E-state index is -0.323. The molecule has 2 aliphatic heterocycles. The van der Waals surface area contributed by atoms with Crippen molar-refractivity contribution in [1.82, 2.24) is 20.1 Å². The van der Waals surface area contributed by atoms with Crippen LogP contribution in [-0.4, -0.2) is 58.1 Å². The van der Waals surface area contributed by atoms with Crippen LogP contribution in [0, 0.1) is 12.7 Å². The summed E-state index contributed by atoms with van der Waals surface area (Å²) in [5.41, 5.74) is 6.34. The summed E-state index contributed by atoms with van der Waals surface area (Å²) >= 11 is 0. The Morgan fingerprint density at radius 1 is 0.929 bits per heavy atom. The lowest BCUT2D eigenvalue weighted by Gasteiger charge is -2.38. The molecule has 5 aromatic rings. The van der Waals surface area contributed by atoms with Crippen molar-refractivity contribution in [1.29, 1.82) is 0 Å². The van der Waals surface area contributed by atoms with Crippen LogP contribution in [0.3, 0.4) is 0 Å². The number of nitrogens with zero attached hydrogens (tertiary/aromatic N) is 4. The summed E-state index contributed by atoms with van der Waals surface area (Å²) in [4.78, 5) is 33.4. The van der Waals surface area contributed by atoms with Crippen molar-refractivity contribution in [2.24, 2.45) is 0 Å². The number of imide groups is 1. The molecule has 1 saturated heterocycles. The Balaban J connectivity index is 1.27. The summed E-state index contributed by atoms with van der Waals surface area (Å²) in [5, 5.41) is 9.90. The number of aromatic nitrogens is 3. The Kier molecular flexibility index (Phi) is 6.22. The maximum absolute atomic E-state index is 14.6. The number of carbonyl (C=O) groups is 2. The number of carbonyl (C=O) groups excluding carboxylic acids is 2. The average molecular weight is 562 g/mol. The standard InChI is InChI=1S/C33H28FN5O3/c1-19-13-21(15-22(34)14-19)27-18-35-37-30(29-16-20-7-8-24(42-2)17-28(20)36-29)31(27)38-11-9-23(10-12-38)39-32(40)25-5-3-4-6-26(25)33(39)41/h3-8,13-18,23,36H,9-12H2,1-2H3. The third kappa shape index (κ3) is 4.29. The molecule has 2 aromatic heterocycles. The van der Waals surface area contributed by atoms with E-state index >= 15 is 0 Å². The highest BCUT2D eigenvalue weighted by Gasteiger charge is 2.41. The lowest BCUT2D eigenvalue weighted by molar-refractivity contribution is 0.0561. The van der Waals surface area contributed by atoms with Crippen LogP contribution in [-0.2, 0) is 0 Å². The fourth-order valence-corrected chi connectivity index (χ4v) is 6.23.